The van der Waals surface area contributed by atoms with Gasteiger partial charge in [0.25, 0.3) is 0 Å². The van der Waals surface area contributed by atoms with Gasteiger partial charge in [0.05, 0.1) is 13.1 Å². The number of hydrogen-bond acceptors (Lipinski definition) is 1. The van der Waals surface area contributed by atoms with Crippen LogP contribution in [0.1, 0.15) is 130 Å². The fourth-order valence-corrected chi connectivity index (χ4v) is 2.79. The first-order valence-corrected chi connectivity index (χ1v) is 11.2. The topological polar surface area (TPSA) is 27.5 Å². The van der Waals surface area contributed by atoms with Crippen LogP contribution in [0.5, 0.6) is 0 Å². The monoisotopic (exact) mass is 343 g/mol. The van der Waals surface area contributed by atoms with E-state index in [9.17, 15) is 5.21 Å². The molecule has 0 atom stereocenters. The van der Waals surface area contributed by atoms with E-state index in [1.165, 1.54) is 77.0 Å². The smallest absolute Gasteiger partial charge is 0.0768 e. The van der Waals surface area contributed by atoms with Crippen molar-refractivity contribution in [3.63, 3.8) is 0 Å². The van der Waals surface area contributed by atoms with Crippen LogP contribution in [0, 0.1) is 5.21 Å². The zero-order chi connectivity index (χ0) is 18.3. The van der Waals surface area contributed by atoms with Gasteiger partial charge in [-0.05, 0) is 12.8 Å². The predicted octanol–water partition coefficient (Wildman–Crippen LogP) is 6.68. The highest BCUT2D eigenvalue weighted by Crippen LogP contribution is 2.11. The first-order valence-electron chi connectivity index (χ1n) is 11.2. The van der Waals surface area contributed by atoms with Crippen LogP contribution in [0.2, 0.25) is 0 Å². The van der Waals surface area contributed by atoms with Crippen LogP contribution in [-0.2, 0) is 0 Å². The number of hydroxylamine groups is 2. The Morgan fingerprint density at radius 2 is 0.667 bits per heavy atom. The second-order valence-electron chi connectivity index (χ2n) is 7.28. The van der Waals surface area contributed by atoms with Crippen molar-refractivity contribution in [2.24, 2.45) is 0 Å². The van der Waals surface area contributed by atoms with E-state index in [2.05, 4.69) is 27.7 Å². The highest BCUT2D eigenvalue weighted by Gasteiger charge is 1.94. The van der Waals surface area contributed by atoms with E-state index >= 15 is 0 Å². The highest BCUT2D eigenvalue weighted by atomic mass is 16.5. The molecule has 0 heterocycles. The van der Waals surface area contributed by atoms with E-state index in [-0.39, 0.29) is 0 Å². The fourth-order valence-electron chi connectivity index (χ4n) is 2.79. The van der Waals surface area contributed by atoms with Crippen LogP contribution in [0.15, 0.2) is 0 Å². The van der Waals surface area contributed by atoms with Gasteiger partial charge in [-0.3, -0.25) is 0 Å². The van der Waals surface area contributed by atoms with Crippen LogP contribution in [0.4, 0.5) is 0 Å². The number of quaternary nitrogens is 1. The maximum atomic E-state index is 11.0. The molecular formula is C22H49NO. The summed E-state index contributed by atoms with van der Waals surface area (Å²) in [5.41, 5.74) is 0. The van der Waals surface area contributed by atoms with E-state index < -0.39 is 0 Å². The predicted molar refractivity (Wildman–Crippen MR) is 111 cm³/mol. The molecule has 0 fully saturated rings. The molecule has 2 heteroatoms. The summed E-state index contributed by atoms with van der Waals surface area (Å²) in [7, 11) is 0. The molecule has 24 heavy (non-hydrogen) atoms. The molecule has 0 bridgehead atoms. The average Bonchev–Trinajstić information content (AvgIpc) is 2.60. The van der Waals surface area contributed by atoms with Gasteiger partial charge in [-0.25, -0.2) is 0 Å². The summed E-state index contributed by atoms with van der Waals surface area (Å²) in [6.45, 7) is 10.4. The van der Waals surface area contributed by atoms with E-state index in [1.807, 2.05) is 0 Å². The average molecular weight is 344 g/mol. The Morgan fingerprint density at radius 1 is 0.417 bits per heavy atom. The minimum absolute atomic E-state index is 0.448. The molecule has 0 saturated carbocycles. The number of nitrogens with one attached hydrogen (secondary N) is 1. The number of hydrogen-bond donors (Lipinski definition) is 1. The van der Waals surface area contributed by atoms with Crippen molar-refractivity contribution >= 4 is 0 Å². The van der Waals surface area contributed by atoms with Crippen LogP contribution in [0.25, 0.3) is 0 Å². The van der Waals surface area contributed by atoms with E-state index in [0.717, 1.165) is 38.8 Å². The summed E-state index contributed by atoms with van der Waals surface area (Å²) in [4.78, 5) is 0. The summed E-state index contributed by atoms with van der Waals surface area (Å²) in [6, 6.07) is 0. The molecule has 0 saturated heterocycles. The normalized spacial score (nSPS) is 10.8. The molecule has 0 aromatic carbocycles. The largest absolute Gasteiger partial charge is 0.634 e. The first-order chi connectivity index (χ1) is 11.7. The Labute approximate surface area is 154 Å². The van der Waals surface area contributed by atoms with Gasteiger partial charge in [0.15, 0.2) is 0 Å². The van der Waals surface area contributed by atoms with Crippen LogP contribution >= 0.6 is 0 Å². The molecule has 0 aliphatic carbocycles. The van der Waals surface area contributed by atoms with Crippen molar-refractivity contribution in [1.82, 2.24) is 0 Å². The third-order valence-electron chi connectivity index (χ3n) is 4.58. The minimum Gasteiger partial charge on any atom is -0.634 e. The molecule has 0 aromatic heterocycles. The summed E-state index contributed by atoms with van der Waals surface area (Å²) in [5.74, 6) is 0. The molecule has 0 aliphatic heterocycles. The van der Waals surface area contributed by atoms with Crippen molar-refractivity contribution in [1.29, 1.82) is 0 Å². The van der Waals surface area contributed by atoms with Crippen LogP contribution in [0.3, 0.4) is 0 Å². The van der Waals surface area contributed by atoms with Gasteiger partial charge in [-0.1, -0.05) is 118 Å². The lowest BCUT2D eigenvalue weighted by Crippen LogP contribution is -3.07. The highest BCUT2D eigenvalue weighted by molar-refractivity contribution is 4.47. The molecule has 0 amide bonds. The molecule has 148 valence electrons. The molecule has 0 rings (SSSR count). The second-order valence-corrected chi connectivity index (χ2v) is 7.28. The molecule has 0 radical (unpaired) electrons. The molecule has 1 N–H and O–H groups in total. The molecule has 0 spiro atoms. The molecule has 0 aromatic rings. The lowest BCUT2D eigenvalue weighted by Gasteiger charge is -2.21. The van der Waals surface area contributed by atoms with Crippen molar-refractivity contribution in [3.8, 4) is 0 Å². The van der Waals surface area contributed by atoms with Crippen molar-refractivity contribution in [2.45, 2.75) is 130 Å². The summed E-state index contributed by atoms with van der Waals surface area (Å²) < 4.78 is 0. The van der Waals surface area contributed by atoms with Gasteiger partial charge >= 0.3 is 0 Å². The number of unbranched alkanes of at least 4 members (excludes halogenated alkanes) is 13. The zero-order valence-electron chi connectivity index (χ0n) is 17.6. The van der Waals surface area contributed by atoms with Crippen molar-refractivity contribution < 1.29 is 5.06 Å². The zero-order valence-corrected chi connectivity index (χ0v) is 17.6. The van der Waals surface area contributed by atoms with Crippen LogP contribution < -0.4 is 5.06 Å². The summed E-state index contributed by atoms with van der Waals surface area (Å²) >= 11 is 0. The van der Waals surface area contributed by atoms with Gasteiger partial charge in [0.2, 0.25) is 0 Å². The van der Waals surface area contributed by atoms with Gasteiger partial charge in [-0.2, -0.15) is 0 Å². The van der Waals surface area contributed by atoms with E-state index in [4.69, 9.17) is 0 Å². The summed E-state index contributed by atoms with van der Waals surface area (Å²) in [6.07, 6.45) is 21.8. The Kier molecular flexibility index (Phi) is 27.4. The first kappa shape index (κ1) is 26.2. The van der Waals surface area contributed by atoms with Crippen molar-refractivity contribution in [3.05, 3.63) is 5.21 Å². The second kappa shape index (κ2) is 25.2. The quantitative estimate of drug-likeness (QED) is 0.231. The maximum absolute atomic E-state index is 11.0. The van der Waals surface area contributed by atoms with Gasteiger partial charge < -0.3 is 10.3 Å². The fraction of sp³-hybridized carbons (Fsp3) is 1.00. The maximum Gasteiger partial charge on any atom is 0.0768 e. The van der Waals surface area contributed by atoms with Crippen molar-refractivity contribution in [2.75, 3.05) is 13.1 Å². The molecule has 0 unspecified atom stereocenters. The third-order valence-corrected chi connectivity index (χ3v) is 4.58. The third kappa shape index (κ3) is 26.8. The van der Waals surface area contributed by atoms with E-state index in [0.29, 0.717) is 5.06 Å². The Morgan fingerprint density at radius 3 is 0.917 bits per heavy atom. The Balaban J connectivity index is 0. The standard InChI is InChI=1S/C14H30.C8H19NO/c1-3-5-7-9-11-13-14-12-10-8-6-4-2;1-3-5-7-9(10)8-6-4-2/h3-14H2,1-2H3;9H,3-8H2,1-2H3. The minimum atomic E-state index is 0.448. The Bertz CT molecular complexity index is 176. The lowest BCUT2D eigenvalue weighted by molar-refractivity contribution is -0.848. The Hall–Kier alpha value is -0.0800. The van der Waals surface area contributed by atoms with Gasteiger partial charge in [-0.15, -0.1) is 0 Å². The van der Waals surface area contributed by atoms with Gasteiger partial charge in [0.1, 0.15) is 0 Å². The lowest BCUT2D eigenvalue weighted by atomic mass is 10.1. The molecule has 0 aliphatic rings. The molecule has 2 nitrogen and oxygen atoms in total. The summed E-state index contributed by atoms with van der Waals surface area (Å²) in [5, 5.41) is 11.4. The number of rotatable bonds is 17. The van der Waals surface area contributed by atoms with Gasteiger partial charge in [0, 0.05) is 0 Å². The SMILES string of the molecule is CCCCCCCCCCCCCC.CCCC[NH+]([O-])CCCC. The molecular weight excluding hydrogens is 294 g/mol. The van der Waals surface area contributed by atoms with Crippen LogP contribution in [-0.4, -0.2) is 13.1 Å². The van der Waals surface area contributed by atoms with E-state index in [1.54, 1.807) is 0 Å².